The molecule has 2 heteroatoms. The van der Waals surface area contributed by atoms with Gasteiger partial charge in [0.15, 0.2) is 0 Å². The lowest BCUT2D eigenvalue weighted by Gasteiger charge is -2.27. The van der Waals surface area contributed by atoms with Gasteiger partial charge in [-0.25, -0.2) is 5.43 Å². The lowest BCUT2D eigenvalue weighted by Crippen LogP contribution is -2.42. The molecular weight excluding hydrogens is 232 g/mol. The Kier molecular flexibility index (Phi) is 2.24. The summed E-state index contributed by atoms with van der Waals surface area (Å²) >= 11 is 0. The number of hydrogen-bond donors (Lipinski definition) is 1. The van der Waals surface area contributed by atoms with E-state index in [-0.39, 0.29) is 5.54 Å². The van der Waals surface area contributed by atoms with Crippen molar-refractivity contribution in [3.63, 3.8) is 0 Å². The standard InChI is InChI=1S/C17H18N2/c1-17(14-8-3-2-4-9-14)12-15-11-13-7-5-6-10-16(13)19(15)18-17/h2-10,15,18H,11-12H2,1H3/t15-,17+/m1/s1. The first kappa shape index (κ1) is 11.1. The third-order valence-corrected chi connectivity index (χ3v) is 4.49. The van der Waals surface area contributed by atoms with Crippen molar-refractivity contribution in [2.45, 2.75) is 31.3 Å². The Morgan fingerprint density at radius 3 is 2.63 bits per heavy atom. The summed E-state index contributed by atoms with van der Waals surface area (Å²) in [4.78, 5) is 0. The first-order valence-corrected chi connectivity index (χ1v) is 6.97. The minimum absolute atomic E-state index is 0.0550. The molecule has 2 nitrogen and oxygen atoms in total. The van der Waals surface area contributed by atoms with Gasteiger partial charge in [-0.2, -0.15) is 0 Å². The van der Waals surface area contributed by atoms with E-state index in [9.17, 15) is 0 Å². The van der Waals surface area contributed by atoms with Crippen LogP contribution in [0.2, 0.25) is 0 Å². The maximum atomic E-state index is 3.74. The number of para-hydroxylation sites is 1. The van der Waals surface area contributed by atoms with Gasteiger partial charge in [0.05, 0.1) is 17.3 Å². The minimum atomic E-state index is 0.0550. The van der Waals surface area contributed by atoms with Crippen LogP contribution in [0.4, 0.5) is 5.69 Å². The highest BCUT2D eigenvalue weighted by Gasteiger charge is 2.45. The molecule has 1 N–H and O–H groups in total. The van der Waals surface area contributed by atoms with E-state index in [2.05, 4.69) is 72.0 Å². The van der Waals surface area contributed by atoms with Gasteiger partial charge in [-0.05, 0) is 37.0 Å². The Hall–Kier alpha value is -1.80. The predicted octanol–water partition coefficient (Wildman–Crippen LogP) is 3.24. The van der Waals surface area contributed by atoms with Crippen molar-refractivity contribution < 1.29 is 0 Å². The van der Waals surface area contributed by atoms with Crippen molar-refractivity contribution in [3.05, 3.63) is 65.7 Å². The van der Waals surface area contributed by atoms with Crippen LogP contribution in [0.3, 0.4) is 0 Å². The van der Waals surface area contributed by atoms with Crippen LogP contribution >= 0.6 is 0 Å². The average molecular weight is 250 g/mol. The van der Waals surface area contributed by atoms with E-state index in [1.165, 1.54) is 16.8 Å². The Morgan fingerprint density at radius 1 is 1.05 bits per heavy atom. The SMILES string of the molecule is C[C@@]1(c2ccccc2)C[C@H]2Cc3ccccc3N2N1. The summed E-state index contributed by atoms with van der Waals surface area (Å²) in [6.45, 7) is 2.31. The van der Waals surface area contributed by atoms with E-state index in [0.29, 0.717) is 6.04 Å². The molecule has 0 amide bonds. The van der Waals surface area contributed by atoms with Crippen LogP contribution in [-0.4, -0.2) is 6.04 Å². The normalized spacial score (nSPS) is 28.3. The van der Waals surface area contributed by atoms with Crippen LogP contribution in [0.5, 0.6) is 0 Å². The Morgan fingerprint density at radius 2 is 1.79 bits per heavy atom. The number of anilines is 1. The smallest absolute Gasteiger partial charge is 0.0614 e. The van der Waals surface area contributed by atoms with Gasteiger partial charge in [0.2, 0.25) is 0 Å². The fourth-order valence-electron chi connectivity index (χ4n) is 3.55. The molecule has 96 valence electrons. The lowest BCUT2D eigenvalue weighted by atomic mass is 9.87. The zero-order valence-corrected chi connectivity index (χ0v) is 11.1. The molecule has 0 aliphatic carbocycles. The summed E-state index contributed by atoms with van der Waals surface area (Å²) < 4.78 is 0. The molecule has 19 heavy (non-hydrogen) atoms. The number of benzene rings is 2. The molecule has 0 saturated carbocycles. The third-order valence-electron chi connectivity index (χ3n) is 4.49. The first-order valence-electron chi connectivity index (χ1n) is 6.97. The molecule has 0 radical (unpaired) electrons. The number of hydrogen-bond acceptors (Lipinski definition) is 2. The topological polar surface area (TPSA) is 15.3 Å². The molecule has 0 bridgehead atoms. The van der Waals surface area contributed by atoms with Crippen molar-refractivity contribution >= 4 is 5.69 Å². The molecule has 1 fully saturated rings. The predicted molar refractivity (Wildman–Crippen MR) is 78.0 cm³/mol. The number of hydrazine groups is 1. The Labute approximate surface area is 114 Å². The van der Waals surface area contributed by atoms with Crippen LogP contribution in [0.1, 0.15) is 24.5 Å². The second kappa shape index (κ2) is 3.84. The van der Waals surface area contributed by atoms with Gasteiger partial charge in [-0.1, -0.05) is 48.5 Å². The van der Waals surface area contributed by atoms with Gasteiger partial charge in [0.1, 0.15) is 0 Å². The van der Waals surface area contributed by atoms with E-state index in [1.807, 2.05) is 0 Å². The number of nitrogens with zero attached hydrogens (tertiary/aromatic N) is 1. The van der Waals surface area contributed by atoms with E-state index in [1.54, 1.807) is 0 Å². The van der Waals surface area contributed by atoms with Crippen molar-refractivity contribution in [2.24, 2.45) is 0 Å². The maximum absolute atomic E-state index is 3.74. The van der Waals surface area contributed by atoms with E-state index in [4.69, 9.17) is 0 Å². The Balaban J connectivity index is 1.70. The molecule has 2 aromatic rings. The van der Waals surface area contributed by atoms with Crippen LogP contribution in [0, 0.1) is 0 Å². The monoisotopic (exact) mass is 250 g/mol. The van der Waals surface area contributed by atoms with Crippen molar-refractivity contribution in [3.8, 4) is 0 Å². The minimum Gasteiger partial charge on any atom is -0.304 e. The lowest BCUT2D eigenvalue weighted by molar-refractivity contribution is 0.421. The molecule has 2 aromatic carbocycles. The summed E-state index contributed by atoms with van der Waals surface area (Å²) in [6.07, 6.45) is 2.32. The number of nitrogens with one attached hydrogen (secondary N) is 1. The van der Waals surface area contributed by atoms with Crippen LogP contribution < -0.4 is 10.4 Å². The van der Waals surface area contributed by atoms with Crippen molar-refractivity contribution in [1.82, 2.24) is 5.43 Å². The first-order chi connectivity index (χ1) is 9.26. The van der Waals surface area contributed by atoms with Gasteiger partial charge in [-0.15, -0.1) is 0 Å². The molecule has 0 aromatic heterocycles. The highest BCUT2D eigenvalue weighted by Crippen LogP contribution is 2.42. The van der Waals surface area contributed by atoms with Gasteiger partial charge < -0.3 is 5.01 Å². The molecule has 2 atom stereocenters. The van der Waals surface area contributed by atoms with Crippen LogP contribution in [0.15, 0.2) is 54.6 Å². The van der Waals surface area contributed by atoms with Crippen LogP contribution in [0.25, 0.3) is 0 Å². The molecule has 0 spiro atoms. The van der Waals surface area contributed by atoms with Gasteiger partial charge in [-0.3, -0.25) is 0 Å². The summed E-state index contributed by atoms with van der Waals surface area (Å²) in [5.74, 6) is 0. The van der Waals surface area contributed by atoms with E-state index >= 15 is 0 Å². The summed E-state index contributed by atoms with van der Waals surface area (Å²) in [7, 11) is 0. The highest BCUT2D eigenvalue weighted by molar-refractivity contribution is 5.60. The molecule has 2 aliphatic heterocycles. The molecule has 0 unspecified atom stereocenters. The average Bonchev–Trinajstić information content (AvgIpc) is 2.94. The largest absolute Gasteiger partial charge is 0.304 e. The molecule has 1 saturated heterocycles. The number of fused-ring (bicyclic) bond motifs is 3. The van der Waals surface area contributed by atoms with Crippen molar-refractivity contribution in [2.75, 3.05) is 5.01 Å². The zero-order valence-electron chi connectivity index (χ0n) is 11.1. The third kappa shape index (κ3) is 1.60. The fourth-order valence-corrected chi connectivity index (χ4v) is 3.55. The Bertz CT molecular complexity index is 608. The highest BCUT2D eigenvalue weighted by atomic mass is 15.6. The fraction of sp³-hybridized carbons (Fsp3) is 0.294. The molecule has 2 heterocycles. The molecule has 2 aliphatic rings. The maximum Gasteiger partial charge on any atom is 0.0614 e. The summed E-state index contributed by atoms with van der Waals surface area (Å²) in [5.41, 5.74) is 7.99. The van der Waals surface area contributed by atoms with Crippen molar-refractivity contribution in [1.29, 1.82) is 0 Å². The molecule has 4 rings (SSSR count). The summed E-state index contributed by atoms with van der Waals surface area (Å²) in [6, 6.07) is 20.1. The zero-order chi connectivity index (χ0) is 12.9. The summed E-state index contributed by atoms with van der Waals surface area (Å²) in [5, 5.41) is 2.38. The molecular formula is C17H18N2. The number of rotatable bonds is 1. The van der Waals surface area contributed by atoms with E-state index in [0.717, 1.165) is 12.8 Å². The van der Waals surface area contributed by atoms with Gasteiger partial charge in [0.25, 0.3) is 0 Å². The second-order valence-corrected chi connectivity index (χ2v) is 5.87. The quantitative estimate of drug-likeness (QED) is 0.836. The van der Waals surface area contributed by atoms with Crippen LogP contribution in [-0.2, 0) is 12.0 Å². The van der Waals surface area contributed by atoms with Gasteiger partial charge >= 0.3 is 0 Å². The second-order valence-electron chi connectivity index (χ2n) is 5.87. The van der Waals surface area contributed by atoms with Gasteiger partial charge in [0, 0.05) is 0 Å². The van der Waals surface area contributed by atoms with E-state index < -0.39 is 0 Å².